The molecule has 6 nitrogen and oxygen atoms in total. The molecule has 0 aromatic heterocycles. The van der Waals surface area contributed by atoms with Gasteiger partial charge in [0, 0.05) is 19.3 Å². The Labute approximate surface area is 433 Å². The Morgan fingerprint density at radius 2 is 0.557 bits per heavy atom. The van der Waals surface area contributed by atoms with Crippen molar-refractivity contribution in [2.45, 2.75) is 303 Å². The summed E-state index contributed by atoms with van der Waals surface area (Å²) < 4.78 is 16.8. The molecule has 0 amide bonds. The molecule has 0 aliphatic heterocycles. The van der Waals surface area contributed by atoms with E-state index in [9.17, 15) is 14.4 Å². The average molecular weight is 978 g/mol. The quantitative estimate of drug-likeness (QED) is 0.0261. The van der Waals surface area contributed by atoms with Crippen LogP contribution in [0.25, 0.3) is 0 Å². The van der Waals surface area contributed by atoms with Crippen LogP contribution in [0, 0.1) is 0 Å². The number of unbranched alkanes of at least 4 members (excludes halogenated alkanes) is 31. The van der Waals surface area contributed by atoms with Gasteiger partial charge >= 0.3 is 17.9 Å². The van der Waals surface area contributed by atoms with Crippen molar-refractivity contribution >= 4 is 17.9 Å². The van der Waals surface area contributed by atoms with E-state index in [2.05, 4.69) is 93.7 Å². The van der Waals surface area contributed by atoms with E-state index in [4.69, 9.17) is 14.2 Å². The molecule has 0 aliphatic rings. The van der Waals surface area contributed by atoms with Crippen molar-refractivity contribution in [3.63, 3.8) is 0 Å². The van der Waals surface area contributed by atoms with Gasteiger partial charge in [-0.25, -0.2) is 0 Å². The highest BCUT2D eigenvalue weighted by atomic mass is 16.6. The van der Waals surface area contributed by atoms with Crippen LogP contribution in [0.1, 0.15) is 297 Å². The zero-order valence-corrected chi connectivity index (χ0v) is 46.3. The first kappa shape index (κ1) is 66.9. The highest BCUT2D eigenvalue weighted by Crippen LogP contribution is 2.16. The zero-order valence-electron chi connectivity index (χ0n) is 46.3. The predicted octanol–water partition coefficient (Wildman–Crippen LogP) is 20.2. The minimum absolute atomic E-state index is 0.0781. The van der Waals surface area contributed by atoms with Gasteiger partial charge in [0.1, 0.15) is 13.2 Å². The van der Waals surface area contributed by atoms with Crippen LogP contribution in [0.3, 0.4) is 0 Å². The van der Waals surface area contributed by atoms with Crippen LogP contribution in [0.15, 0.2) is 72.9 Å². The molecule has 0 aromatic carbocycles. The first-order valence-corrected chi connectivity index (χ1v) is 29.9. The topological polar surface area (TPSA) is 78.9 Å². The SMILES string of the molecule is CC/C=C\C/C=C\C/C=C\C/C=C\CCCCCCCCCCCCCCCCCCC(=O)OCC(COC(=O)CCCCCCCCC)OC(=O)CCCCCCC/C=C\C/C=C\CCCCCC. The maximum absolute atomic E-state index is 12.8. The van der Waals surface area contributed by atoms with E-state index < -0.39 is 6.10 Å². The van der Waals surface area contributed by atoms with E-state index in [1.807, 2.05) is 0 Å². The Hall–Kier alpha value is -3.15. The van der Waals surface area contributed by atoms with Gasteiger partial charge in [-0.3, -0.25) is 14.4 Å². The lowest BCUT2D eigenvalue weighted by atomic mass is 10.0. The number of carbonyl (C=O) groups is 3. The first-order chi connectivity index (χ1) is 34.5. The van der Waals surface area contributed by atoms with Crippen LogP contribution in [-0.2, 0) is 28.6 Å². The first-order valence-electron chi connectivity index (χ1n) is 29.9. The molecule has 0 aliphatic carbocycles. The highest BCUT2D eigenvalue weighted by Gasteiger charge is 2.19. The largest absolute Gasteiger partial charge is 0.462 e. The van der Waals surface area contributed by atoms with Crippen molar-refractivity contribution in [3.8, 4) is 0 Å². The minimum Gasteiger partial charge on any atom is -0.462 e. The standard InChI is InChI=1S/C64H112O6/c1-4-7-10-13-16-18-20-22-24-26-27-28-29-30-31-32-33-34-35-36-37-38-40-41-43-45-48-51-54-57-63(66)69-60-61(59-68-62(65)56-53-50-47-15-12-9-6-3)70-64(67)58-55-52-49-46-44-42-39-25-23-21-19-17-14-11-8-5-2/h7,10,16,18-19,21-22,24-25,27-28,39,61H,4-6,8-9,11-15,17,20,23,26,29-38,40-60H2,1-3H3/b10-7-,18-16-,21-19-,24-22-,28-27-,39-25-. The van der Waals surface area contributed by atoms with Crippen LogP contribution < -0.4 is 0 Å². The normalized spacial score (nSPS) is 12.6. The summed E-state index contributed by atoms with van der Waals surface area (Å²) in [6.45, 7) is 6.48. The number of hydrogen-bond donors (Lipinski definition) is 0. The predicted molar refractivity (Wildman–Crippen MR) is 302 cm³/mol. The Morgan fingerprint density at radius 1 is 0.300 bits per heavy atom. The van der Waals surface area contributed by atoms with Gasteiger partial charge in [-0.15, -0.1) is 0 Å². The van der Waals surface area contributed by atoms with E-state index in [-0.39, 0.29) is 31.1 Å². The molecule has 70 heavy (non-hydrogen) atoms. The lowest BCUT2D eigenvalue weighted by molar-refractivity contribution is -0.167. The minimum atomic E-state index is -0.778. The number of carbonyl (C=O) groups excluding carboxylic acids is 3. The maximum atomic E-state index is 12.8. The van der Waals surface area contributed by atoms with Crippen LogP contribution in [0.5, 0.6) is 0 Å². The van der Waals surface area contributed by atoms with Crippen molar-refractivity contribution in [1.82, 2.24) is 0 Å². The van der Waals surface area contributed by atoms with Gasteiger partial charge < -0.3 is 14.2 Å². The number of allylic oxidation sites excluding steroid dienone is 12. The van der Waals surface area contributed by atoms with Gasteiger partial charge in [-0.2, -0.15) is 0 Å². The molecular weight excluding hydrogens is 865 g/mol. The number of hydrogen-bond acceptors (Lipinski definition) is 6. The lowest BCUT2D eigenvalue weighted by Crippen LogP contribution is -2.30. The molecular formula is C64H112O6. The Kier molecular flexibility index (Phi) is 55.8. The number of rotatable bonds is 54. The smallest absolute Gasteiger partial charge is 0.306 e. The van der Waals surface area contributed by atoms with Crippen molar-refractivity contribution in [2.75, 3.05) is 13.2 Å². The second kappa shape index (κ2) is 58.4. The fourth-order valence-corrected chi connectivity index (χ4v) is 8.47. The summed E-state index contributed by atoms with van der Waals surface area (Å²) >= 11 is 0. The maximum Gasteiger partial charge on any atom is 0.306 e. The van der Waals surface area contributed by atoms with Crippen molar-refractivity contribution in [3.05, 3.63) is 72.9 Å². The summed E-state index contributed by atoms with van der Waals surface area (Å²) in [6.07, 6.45) is 75.0. The van der Waals surface area contributed by atoms with Crippen LogP contribution in [-0.4, -0.2) is 37.2 Å². The fraction of sp³-hybridized carbons (Fsp3) is 0.766. The molecule has 0 rings (SSSR count). The zero-order chi connectivity index (χ0) is 50.7. The fourth-order valence-electron chi connectivity index (χ4n) is 8.47. The molecule has 1 unspecified atom stereocenters. The molecule has 0 spiro atoms. The molecule has 0 radical (unpaired) electrons. The summed E-state index contributed by atoms with van der Waals surface area (Å²) in [5.74, 6) is -0.889. The average Bonchev–Trinajstić information content (AvgIpc) is 3.36. The molecule has 0 N–H and O–H groups in total. The lowest BCUT2D eigenvalue weighted by Gasteiger charge is -2.18. The molecule has 6 heteroatoms. The Bertz CT molecular complexity index is 1310. The number of ether oxygens (including phenoxy) is 3. The third-order valence-electron chi connectivity index (χ3n) is 12.9. The van der Waals surface area contributed by atoms with Crippen molar-refractivity contribution in [1.29, 1.82) is 0 Å². The highest BCUT2D eigenvalue weighted by molar-refractivity contribution is 5.71. The van der Waals surface area contributed by atoms with E-state index >= 15 is 0 Å². The van der Waals surface area contributed by atoms with Crippen LogP contribution in [0.4, 0.5) is 0 Å². The van der Waals surface area contributed by atoms with Gasteiger partial charge in [0.05, 0.1) is 0 Å². The molecule has 0 fully saturated rings. The van der Waals surface area contributed by atoms with Crippen LogP contribution in [0.2, 0.25) is 0 Å². The van der Waals surface area contributed by atoms with Gasteiger partial charge in [-0.05, 0) is 89.9 Å². The Morgan fingerprint density at radius 3 is 0.886 bits per heavy atom. The van der Waals surface area contributed by atoms with E-state index in [0.29, 0.717) is 19.3 Å². The van der Waals surface area contributed by atoms with E-state index in [0.717, 1.165) is 109 Å². The molecule has 0 bridgehead atoms. The number of esters is 3. The third-order valence-corrected chi connectivity index (χ3v) is 12.9. The molecule has 1 atom stereocenters. The molecule has 404 valence electrons. The van der Waals surface area contributed by atoms with Gasteiger partial charge in [0.25, 0.3) is 0 Å². The van der Waals surface area contributed by atoms with Crippen LogP contribution >= 0.6 is 0 Å². The molecule has 0 aromatic rings. The van der Waals surface area contributed by atoms with Gasteiger partial charge in [0.2, 0.25) is 0 Å². The second-order valence-electron chi connectivity index (χ2n) is 19.9. The molecule has 0 heterocycles. The second-order valence-corrected chi connectivity index (χ2v) is 19.9. The Balaban J connectivity index is 4.08. The third kappa shape index (κ3) is 55.8. The molecule has 0 saturated carbocycles. The summed E-state index contributed by atoms with van der Waals surface area (Å²) in [6, 6.07) is 0. The summed E-state index contributed by atoms with van der Waals surface area (Å²) in [4.78, 5) is 38.0. The molecule has 0 saturated heterocycles. The summed E-state index contributed by atoms with van der Waals surface area (Å²) in [7, 11) is 0. The summed E-state index contributed by atoms with van der Waals surface area (Å²) in [5, 5.41) is 0. The monoisotopic (exact) mass is 977 g/mol. The van der Waals surface area contributed by atoms with Crippen molar-refractivity contribution < 1.29 is 28.6 Å². The van der Waals surface area contributed by atoms with E-state index in [1.165, 1.54) is 148 Å². The van der Waals surface area contributed by atoms with Gasteiger partial charge in [0.15, 0.2) is 6.10 Å². The van der Waals surface area contributed by atoms with Crippen molar-refractivity contribution in [2.24, 2.45) is 0 Å². The summed E-state index contributed by atoms with van der Waals surface area (Å²) in [5.41, 5.74) is 0. The van der Waals surface area contributed by atoms with Gasteiger partial charge in [-0.1, -0.05) is 261 Å². The van der Waals surface area contributed by atoms with E-state index in [1.54, 1.807) is 0 Å².